The quantitative estimate of drug-likeness (QED) is 0.885. The van der Waals surface area contributed by atoms with Crippen LogP contribution >= 0.6 is 0 Å². The van der Waals surface area contributed by atoms with Crippen LogP contribution in [0.25, 0.3) is 0 Å². The number of carbonyl (C=O) groups is 1. The van der Waals surface area contributed by atoms with Crippen molar-refractivity contribution in [2.75, 3.05) is 13.6 Å². The first kappa shape index (κ1) is 17.2. The minimum absolute atomic E-state index is 0.00288. The topological polar surface area (TPSA) is 32.3 Å². The Labute approximate surface area is 139 Å². The third-order valence-electron chi connectivity index (χ3n) is 3.88. The number of amides is 1. The molecule has 122 valence electrons. The number of carbonyl (C=O) groups excluding carboxylic acids is 1. The summed E-state index contributed by atoms with van der Waals surface area (Å²) in [5.41, 5.74) is 4.23. The van der Waals surface area contributed by atoms with E-state index in [1.54, 1.807) is 0 Å². The first-order valence-corrected chi connectivity index (χ1v) is 8.06. The molecule has 2 aromatic carbocycles. The maximum atomic E-state index is 12.4. The van der Waals surface area contributed by atoms with E-state index in [2.05, 4.69) is 41.5 Å². The molecule has 3 nitrogen and oxygen atoms in total. The number of likely N-dealkylation sites (N-methyl/N-ethyl adjacent to an activating group) is 1. The van der Waals surface area contributed by atoms with Crippen LogP contribution in [-0.4, -0.2) is 30.4 Å². The molecule has 2 aromatic rings. The Bertz CT molecular complexity index is 652. The van der Waals surface area contributed by atoms with E-state index in [1.807, 2.05) is 45.0 Å². The van der Waals surface area contributed by atoms with Gasteiger partial charge in [0, 0.05) is 24.7 Å². The predicted molar refractivity (Wildman–Crippen MR) is 95.6 cm³/mol. The summed E-state index contributed by atoms with van der Waals surface area (Å²) in [4.78, 5) is 14.6. The van der Waals surface area contributed by atoms with Gasteiger partial charge in [-0.3, -0.25) is 4.79 Å². The number of rotatable bonds is 6. The highest BCUT2D eigenvalue weighted by molar-refractivity contribution is 5.95. The number of nitrogens with one attached hydrogen (secondary N) is 1. The molecular formula is C20H26N2O. The van der Waals surface area contributed by atoms with Gasteiger partial charge in [0.1, 0.15) is 0 Å². The summed E-state index contributed by atoms with van der Waals surface area (Å²) in [6, 6.07) is 16.4. The summed E-state index contributed by atoms with van der Waals surface area (Å²) in [6.07, 6.45) is 0. The third-order valence-corrected chi connectivity index (χ3v) is 3.88. The molecule has 0 aliphatic rings. The van der Waals surface area contributed by atoms with Gasteiger partial charge in [-0.15, -0.1) is 0 Å². The van der Waals surface area contributed by atoms with Crippen molar-refractivity contribution in [3.05, 3.63) is 70.8 Å². The van der Waals surface area contributed by atoms with Crippen LogP contribution in [0, 0.1) is 13.8 Å². The second kappa shape index (κ2) is 7.93. The first-order valence-electron chi connectivity index (χ1n) is 8.06. The average Bonchev–Trinajstić information content (AvgIpc) is 2.47. The Morgan fingerprint density at radius 2 is 1.83 bits per heavy atom. The molecule has 23 heavy (non-hydrogen) atoms. The number of hydrogen-bond donors (Lipinski definition) is 1. The van der Waals surface area contributed by atoms with E-state index >= 15 is 0 Å². The van der Waals surface area contributed by atoms with Gasteiger partial charge in [-0.05, 0) is 45.0 Å². The Balaban J connectivity index is 1.88. The van der Waals surface area contributed by atoms with E-state index < -0.39 is 0 Å². The summed E-state index contributed by atoms with van der Waals surface area (Å²) < 4.78 is 0. The lowest BCUT2D eigenvalue weighted by molar-refractivity contribution is 0.0931. The lowest BCUT2D eigenvalue weighted by Crippen LogP contribution is -2.40. The molecule has 0 aliphatic heterocycles. The summed E-state index contributed by atoms with van der Waals surface area (Å²) in [7, 11) is 2.08. The zero-order valence-corrected chi connectivity index (χ0v) is 14.5. The molecule has 0 aromatic heterocycles. The SMILES string of the molecule is Cc1ccc(C(=O)N[C@@H](C)CN(C)Cc2ccccc2)c(C)c1. The van der Waals surface area contributed by atoms with Gasteiger partial charge in [-0.1, -0.05) is 48.0 Å². The summed E-state index contributed by atoms with van der Waals surface area (Å²) in [6.45, 7) is 7.75. The van der Waals surface area contributed by atoms with Crippen molar-refractivity contribution in [1.82, 2.24) is 10.2 Å². The molecule has 0 spiro atoms. The van der Waals surface area contributed by atoms with Crippen molar-refractivity contribution in [3.63, 3.8) is 0 Å². The fourth-order valence-corrected chi connectivity index (χ4v) is 2.84. The van der Waals surface area contributed by atoms with Crippen LogP contribution in [-0.2, 0) is 6.54 Å². The summed E-state index contributed by atoms with van der Waals surface area (Å²) in [5.74, 6) is 0.00288. The molecule has 0 fully saturated rings. The van der Waals surface area contributed by atoms with Gasteiger partial charge in [0.2, 0.25) is 0 Å². The van der Waals surface area contributed by atoms with Crippen molar-refractivity contribution in [3.8, 4) is 0 Å². The zero-order chi connectivity index (χ0) is 16.8. The number of hydrogen-bond acceptors (Lipinski definition) is 2. The van der Waals surface area contributed by atoms with Crippen molar-refractivity contribution < 1.29 is 4.79 Å². The van der Waals surface area contributed by atoms with E-state index in [0.717, 1.165) is 24.2 Å². The molecule has 1 amide bonds. The van der Waals surface area contributed by atoms with Crippen LogP contribution < -0.4 is 5.32 Å². The smallest absolute Gasteiger partial charge is 0.251 e. The fraction of sp³-hybridized carbons (Fsp3) is 0.350. The van der Waals surface area contributed by atoms with Crippen molar-refractivity contribution in [2.45, 2.75) is 33.4 Å². The number of nitrogens with zero attached hydrogens (tertiary/aromatic N) is 1. The Hall–Kier alpha value is -2.13. The maximum absolute atomic E-state index is 12.4. The molecule has 1 N–H and O–H groups in total. The van der Waals surface area contributed by atoms with Crippen molar-refractivity contribution in [2.24, 2.45) is 0 Å². The van der Waals surface area contributed by atoms with E-state index in [1.165, 1.54) is 11.1 Å². The Morgan fingerprint density at radius 1 is 1.13 bits per heavy atom. The fourth-order valence-electron chi connectivity index (χ4n) is 2.84. The van der Waals surface area contributed by atoms with E-state index in [9.17, 15) is 4.79 Å². The van der Waals surface area contributed by atoms with E-state index in [4.69, 9.17) is 0 Å². The van der Waals surface area contributed by atoms with Crippen LogP contribution in [0.1, 0.15) is 34.0 Å². The Morgan fingerprint density at radius 3 is 2.48 bits per heavy atom. The van der Waals surface area contributed by atoms with Crippen LogP contribution in [0.15, 0.2) is 48.5 Å². The molecule has 0 heterocycles. The van der Waals surface area contributed by atoms with E-state index in [-0.39, 0.29) is 11.9 Å². The van der Waals surface area contributed by atoms with Gasteiger partial charge in [0.15, 0.2) is 0 Å². The van der Waals surface area contributed by atoms with Gasteiger partial charge in [-0.25, -0.2) is 0 Å². The second-order valence-corrected chi connectivity index (χ2v) is 6.38. The minimum Gasteiger partial charge on any atom is -0.348 e. The molecule has 1 atom stereocenters. The highest BCUT2D eigenvalue weighted by atomic mass is 16.1. The normalized spacial score (nSPS) is 12.2. The van der Waals surface area contributed by atoms with Gasteiger partial charge >= 0.3 is 0 Å². The summed E-state index contributed by atoms with van der Waals surface area (Å²) >= 11 is 0. The molecule has 0 radical (unpaired) electrons. The average molecular weight is 310 g/mol. The third kappa shape index (κ3) is 5.22. The standard InChI is InChI=1S/C20H26N2O/c1-15-10-11-19(16(2)12-15)20(23)21-17(3)13-22(4)14-18-8-6-5-7-9-18/h5-12,17H,13-14H2,1-4H3,(H,21,23)/t17-/m0/s1. The molecule has 2 rings (SSSR count). The molecule has 0 saturated heterocycles. The lowest BCUT2D eigenvalue weighted by atomic mass is 10.0. The van der Waals surface area contributed by atoms with E-state index in [0.29, 0.717) is 0 Å². The molecular weight excluding hydrogens is 284 g/mol. The monoisotopic (exact) mass is 310 g/mol. The van der Waals surface area contributed by atoms with Crippen LogP contribution in [0.4, 0.5) is 0 Å². The first-order chi connectivity index (χ1) is 11.0. The van der Waals surface area contributed by atoms with Crippen LogP contribution in [0.5, 0.6) is 0 Å². The highest BCUT2D eigenvalue weighted by Gasteiger charge is 2.13. The highest BCUT2D eigenvalue weighted by Crippen LogP contribution is 2.11. The molecule has 0 unspecified atom stereocenters. The largest absolute Gasteiger partial charge is 0.348 e. The van der Waals surface area contributed by atoms with Gasteiger partial charge in [-0.2, -0.15) is 0 Å². The van der Waals surface area contributed by atoms with Gasteiger partial charge in [0.05, 0.1) is 0 Å². The maximum Gasteiger partial charge on any atom is 0.251 e. The number of benzene rings is 2. The lowest BCUT2D eigenvalue weighted by Gasteiger charge is -2.22. The van der Waals surface area contributed by atoms with Crippen LogP contribution in [0.2, 0.25) is 0 Å². The molecule has 0 saturated carbocycles. The summed E-state index contributed by atoms with van der Waals surface area (Å²) in [5, 5.41) is 3.09. The Kier molecular flexibility index (Phi) is 5.94. The zero-order valence-electron chi connectivity index (χ0n) is 14.5. The number of aryl methyl sites for hydroxylation is 2. The van der Waals surface area contributed by atoms with Gasteiger partial charge in [0.25, 0.3) is 5.91 Å². The minimum atomic E-state index is 0.00288. The predicted octanol–water partition coefficient (Wildman–Crippen LogP) is 3.55. The van der Waals surface area contributed by atoms with Crippen molar-refractivity contribution >= 4 is 5.91 Å². The molecule has 0 aliphatic carbocycles. The van der Waals surface area contributed by atoms with Crippen LogP contribution in [0.3, 0.4) is 0 Å². The second-order valence-electron chi connectivity index (χ2n) is 6.38. The molecule has 3 heteroatoms. The van der Waals surface area contributed by atoms with Gasteiger partial charge < -0.3 is 10.2 Å². The van der Waals surface area contributed by atoms with Crippen molar-refractivity contribution in [1.29, 1.82) is 0 Å². The molecule has 0 bridgehead atoms.